The quantitative estimate of drug-likeness (QED) is 0.788. The Kier molecular flexibility index (Phi) is 3.71. The van der Waals surface area contributed by atoms with Crippen LogP contribution in [-0.2, 0) is 10.0 Å². The number of aryl methyl sites for hydroxylation is 1. The van der Waals surface area contributed by atoms with Crippen LogP contribution in [0.15, 0.2) is 51.2 Å². The summed E-state index contributed by atoms with van der Waals surface area (Å²) in [5.74, 6) is 0.0905. The monoisotopic (exact) mass is 338 g/mol. The number of sulfonamides is 1. The van der Waals surface area contributed by atoms with Crippen LogP contribution in [-0.4, -0.2) is 13.6 Å². The van der Waals surface area contributed by atoms with Gasteiger partial charge in [0.2, 0.25) is 0 Å². The summed E-state index contributed by atoms with van der Waals surface area (Å²) in [6, 6.07) is 9.98. The van der Waals surface area contributed by atoms with Crippen LogP contribution in [0, 0.1) is 12.7 Å². The maximum atomic E-state index is 12.8. The van der Waals surface area contributed by atoms with Gasteiger partial charge in [-0.25, -0.2) is 12.8 Å². The third-order valence-electron chi connectivity index (χ3n) is 2.81. The lowest BCUT2D eigenvalue weighted by Crippen LogP contribution is -2.11. The highest BCUT2D eigenvalue weighted by atomic mass is 32.2. The first-order valence-electron chi connectivity index (χ1n) is 6.26. The van der Waals surface area contributed by atoms with E-state index in [1.165, 1.54) is 30.3 Å². The molecular formula is C14H11FN2O3S2. The van der Waals surface area contributed by atoms with Crippen molar-refractivity contribution in [3.05, 3.63) is 54.0 Å². The Labute approximate surface area is 130 Å². The second kappa shape index (κ2) is 5.54. The largest absolute Gasteiger partial charge is 0.355 e. The van der Waals surface area contributed by atoms with E-state index in [4.69, 9.17) is 4.52 Å². The van der Waals surface area contributed by atoms with Crippen LogP contribution in [0.5, 0.6) is 0 Å². The molecule has 0 unspecified atom stereocenters. The molecule has 1 aromatic carbocycles. The molecular weight excluding hydrogens is 327 g/mol. The maximum absolute atomic E-state index is 12.8. The fraction of sp³-hybridized carbons (Fsp3) is 0.0714. The minimum atomic E-state index is -3.72. The summed E-state index contributed by atoms with van der Waals surface area (Å²) < 4.78 is 45.1. The molecule has 22 heavy (non-hydrogen) atoms. The van der Waals surface area contributed by atoms with E-state index in [0.717, 1.165) is 17.0 Å². The Morgan fingerprint density at radius 2 is 1.91 bits per heavy atom. The molecule has 5 nitrogen and oxygen atoms in total. The van der Waals surface area contributed by atoms with Gasteiger partial charge in [-0.05, 0) is 43.3 Å². The van der Waals surface area contributed by atoms with Crippen molar-refractivity contribution in [3.8, 4) is 10.6 Å². The van der Waals surface area contributed by atoms with Crippen LogP contribution in [0.3, 0.4) is 0 Å². The number of benzene rings is 1. The Morgan fingerprint density at radius 1 is 1.18 bits per heavy atom. The molecule has 1 N–H and O–H groups in total. The van der Waals surface area contributed by atoms with Crippen molar-refractivity contribution in [1.82, 2.24) is 5.16 Å². The van der Waals surface area contributed by atoms with E-state index in [2.05, 4.69) is 9.88 Å². The SMILES string of the molecule is Cc1cc(-c2ccc(S(=O)(=O)Nc3ccc(F)cc3)s2)on1. The number of anilines is 1. The van der Waals surface area contributed by atoms with Gasteiger partial charge in [0.25, 0.3) is 10.0 Å². The van der Waals surface area contributed by atoms with Gasteiger partial charge in [-0.15, -0.1) is 11.3 Å². The maximum Gasteiger partial charge on any atom is 0.271 e. The molecule has 3 aromatic rings. The Bertz CT molecular complexity index is 898. The normalized spacial score (nSPS) is 11.5. The number of thiophene rings is 1. The van der Waals surface area contributed by atoms with Crippen LogP contribution in [0.4, 0.5) is 10.1 Å². The highest BCUT2D eigenvalue weighted by Crippen LogP contribution is 2.32. The van der Waals surface area contributed by atoms with Crippen molar-refractivity contribution in [3.63, 3.8) is 0 Å². The fourth-order valence-corrected chi connectivity index (χ4v) is 4.11. The van der Waals surface area contributed by atoms with E-state index in [-0.39, 0.29) is 4.21 Å². The summed E-state index contributed by atoms with van der Waals surface area (Å²) in [5.41, 5.74) is 1.02. The number of aromatic nitrogens is 1. The zero-order valence-electron chi connectivity index (χ0n) is 11.4. The van der Waals surface area contributed by atoms with E-state index >= 15 is 0 Å². The predicted octanol–water partition coefficient (Wildman–Crippen LogP) is 3.65. The highest BCUT2D eigenvalue weighted by Gasteiger charge is 2.18. The van der Waals surface area contributed by atoms with Crippen LogP contribution in [0.1, 0.15) is 5.69 Å². The molecule has 0 aliphatic carbocycles. The minimum Gasteiger partial charge on any atom is -0.355 e. The molecule has 8 heteroatoms. The standard InChI is InChI=1S/C14H11FN2O3S2/c1-9-8-12(20-16-9)13-6-7-14(21-13)22(18,19)17-11-4-2-10(15)3-5-11/h2-8,17H,1H3. The van der Waals surface area contributed by atoms with Gasteiger partial charge in [0.05, 0.1) is 10.6 Å². The van der Waals surface area contributed by atoms with Crippen molar-refractivity contribution in [2.24, 2.45) is 0 Å². The van der Waals surface area contributed by atoms with Crippen molar-refractivity contribution >= 4 is 27.0 Å². The number of hydrogen-bond donors (Lipinski definition) is 1. The average Bonchev–Trinajstić information content (AvgIpc) is 3.10. The smallest absolute Gasteiger partial charge is 0.271 e. The van der Waals surface area contributed by atoms with E-state index in [9.17, 15) is 12.8 Å². The molecule has 2 heterocycles. The number of nitrogens with one attached hydrogen (secondary N) is 1. The summed E-state index contributed by atoms with van der Waals surface area (Å²) >= 11 is 1.07. The van der Waals surface area contributed by atoms with Gasteiger partial charge in [0.15, 0.2) is 5.76 Å². The summed E-state index contributed by atoms with van der Waals surface area (Å²) in [6.07, 6.45) is 0. The zero-order chi connectivity index (χ0) is 15.7. The molecule has 0 atom stereocenters. The minimum absolute atomic E-state index is 0.140. The number of hydrogen-bond acceptors (Lipinski definition) is 5. The third kappa shape index (κ3) is 3.02. The van der Waals surface area contributed by atoms with Gasteiger partial charge in [0.1, 0.15) is 10.0 Å². The van der Waals surface area contributed by atoms with Crippen molar-refractivity contribution < 1.29 is 17.3 Å². The third-order valence-corrected chi connectivity index (χ3v) is 5.79. The average molecular weight is 338 g/mol. The second-order valence-electron chi connectivity index (χ2n) is 4.56. The molecule has 114 valence electrons. The highest BCUT2D eigenvalue weighted by molar-refractivity contribution is 7.94. The van der Waals surface area contributed by atoms with E-state index in [1.54, 1.807) is 19.1 Å². The fourth-order valence-electron chi connectivity index (χ4n) is 1.80. The van der Waals surface area contributed by atoms with Crippen LogP contribution in [0.25, 0.3) is 10.6 Å². The molecule has 0 spiro atoms. The lowest BCUT2D eigenvalue weighted by atomic mass is 10.3. The second-order valence-corrected chi connectivity index (χ2v) is 7.56. The Hall–Kier alpha value is -2.19. The van der Waals surface area contributed by atoms with Gasteiger partial charge in [0, 0.05) is 11.8 Å². The number of rotatable bonds is 4. The van der Waals surface area contributed by atoms with Gasteiger partial charge < -0.3 is 4.52 Å². The van der Waals surface area contributed by atoms with Crippen molar-refractivity contribution in [1.29, 1.82) is 0 Å². The van der Waals surface area contributed by atoms with Crippen molar-refractivity contribution in [2.75, 3.05) is 4.72 Å². The summed E-state index contributed by atoms with van der Waals surface area (Å²) in [4.78, 5) is 0.667. The summed E-state index contributed by atoms with van der Waals surface area (Å²) in [7, 11) is -3.72. The first-order chi connectivity index (χ1) is 10.4. The van der Waals surface area contributed by atoms with Crippen LogP contribution < -0.4 is 4.72 Å². The molecule has 0 saturated carbocycles. The van der Waals surface area contributed by atoms with Gasteiger partial charge >= 0.3 is 0 Å². The summed E-state index contributed by atoms with van der Waals surface area (Å²) in [5, 5.41) is 3.77. The molecule has 3 rings (SSSR count). The molecule has 0 radical (unpaired) electrons. The molecule has 0 amide bonds. The molecule has 0 aliphatic heterocycles. The lowest BCUT2D eigenvalue weighted by Gasteiger charge is -2.05. The van der Waals surface area contributed by atoms with Gasteiger partial charge in [-0.1, -0.05) is 5.16 Å². The summed E-state index contributed by atoms with van der Waals surface area (Å²) in [6.45, 7) is 1.79. The Balaban J connectivity index is 1.86. The zero-order valence-corrected chi connectivity index (χ0v) is 13.0. The van der Waals surface area contributed by atoms with E-state index in [0.29, 0.717) is 16.3 Å². The predicted molar refractivity (Wildman–Crippen MR) is 81.8 cm³/mol. The van der Waals surface area contributed by atoms with Crippen LogP contribution >= 0.6 is 11.3 Å². The van der Waals surface area contributed by atoms with E-state index in [1.807, 2.05) is 0 Å². The first-order valence-corrected chi connectivity index (χ1v) is 8.56. The molecule has 0 saturated heterocycles. The van der Waals surface area contributed by atoms with E-state index < -0.39 is 15.8 Å². The van der Waals surface area contributed by atoms with Crippen LogP contribution in [0.2, 0.25) is 0 Å². The lowest BCUT2D eigenvalue weighted by molar-refractivity contribution is 0.428. The molecule has 2 aromatic heterocycles. The van der Waals surface area contributed by atoms with Crippen molar-refractivity contribution in [2.45, 2.75) is 11.1 Å². The molecule has 0 aliphatic rings. The van der Waals surface area contributed by atoms with Gasteiger partial charge in [-0.2, -0.15) is 0 Å². The number of halogens is 1. The first kappa shape index (κ1) is 14.7. The molecule has 0 fully saturated rings. The molecule has 0 bridgehead atoms. The topological polar surface area (TPSA) is 72.2 Å². The van der Waals surface area contributed by atoms with Gasteiger partial charge in [-0.3, -0.25) is 4.72 Å². The number of nitrogens with zero attached hydrogens (tertiary/aromatic N) is 1. The Morgan fingerprint density at radius 3 is 2.55 bits per heavy atom.